The summed E-state index contributed by atoms with van der Waals surface area (Å²) in [7, 11) is 1.98. The molecule has 1 unspecified atom stereocenters. The summed E-state index contributed by atoms with van der Waals surface area (Å²) in [4.78, 5) is 14.5. The third kappa shape index (κ3) is 3.04. The lowest BCUT2D eigenvalue weighted by Crippen LogP contribution is -2.50. The van der Waals surface area contributed by atoms with Crippen LogP contribution in [0.15, 0.2) is 6.20 Å². The van der Waals surface area contributed by atoms with E-state index >= 15 is 0 Å². The van der Waals surface area contributed by atoms with Crippen LogP contribution < -0.4 is 10.2 Å². The van der Waals surface area contributed by atoms with Crippen LogP contribution in [0.2, 0.25) is 0 Å². The summed E-state index contributed by atoms with van der Waals surface area (Å²) in [6, 6.07) is 0.728. The van der Waals surface area contributed by atoms with Crippen LogP contribution in [0.1, 0.15) is 44.1 Å². The largest absolute Gasteiger partial charge is 0.366 e. The van der Waals surface area contributed by atoms with Gasteiger partial charge < -0.3 is 10.2 Å². The summed E-state index contributed by atoms with van der Waals surface area (Å²) < 4.78 is 0. The predicted octanol–water partition coefficient (Wildman–Crippen LogP) is 1.60. The van der Waals surface area contributed by atoms with Crippen LogP contribution >= 0.6 is 0 Å². The van der Waals surface area contributed by atoms with Gasteiger partial charge in [0.05, 0.1) is 17.6 Å². The second-order valence-electron chi connectivity index (χ2n) is 6.52. The Balaban J connectivity index is 1.83. The maximum Gasteiger partial charge on any atom is 0.131 e. The Kier molecular flexibility index (Phi) is 4.40. The number of fused-ring (bicyclic) bond motifs is 1. The van der Waals surface area contributed by atoms with E-state index in [0.29, 0.717) is 5.92 Å². The van der Waals surface area contributed by atoms with Crippen molar-refractivity contribution in [1.29, 1.82) is 0 Å². The van der Waals surface area contributed by atoms with E-state index in [1.165, 1.54) is 31.6 Å². The minimum Gasteiger partial charge on any atom is -0.366 e. The van der Waals surface area contributed by atoms with Gasteiger partial charge in [-0.3, -0.25) is 4.90 Å². The Morgan fingerprint density at radius 2 is 2.19 bits per heavy atom. The lowest BCUT2D eigenvalue weighted by atomic mass is 10.1. The fourth-order valence-electron chi connectivity index (χ4n) is 3.48. The molecule has 3 rings (SSSR count). The van der Waals surface area contributed by atoms with Crippen molar-refractivity contribution in [3.8, 4) is 0 Å². The molecule has 2 aliphatic heterocycles. The first-order valence-corrected chi connectivity index (χ1v) is 8.18. The van der Waals surface area contributed by atoms with Gasteiger partial charge in [-0.25, -0.2) is 9.97 Å². The van der Waals surface area contributed by atoms with Gasteiger partial charge in [0.1, 0.15) is 5.82 Å². The smallest absolute Gasteiger partial charge is 0.131 e. The lowest BCUT2D eigenvalue weighted by molar-refractivity contribution is 0.230. The van der Waals surface area contributed by atoms with Crippen molar-refractivity contribution in [2.24, 2.45) is 0 Å². The van der Waals surface area contributed by atoms with Gasteiger partial charge in [-0.1, -0.05) is 13.8 Å². The van der Waals surface area contributed by atoms with Gasteiger partial charge in [0, 0.05) is 38.1 Å². The van der Waals surface area contributed by atoms with E-state index in [1.807, 2.05) is 13.2 Å². The molecule has 0 radical (unpaired) electrons. The molecule has 3 heterocycles. The minimum atomic E-state index is 0.376. The molecule has 5 nitrogen and oxygen atoms in total. The summed E-state index contributed by atoms with van der Waals surface area (Å²) in [5.74, 6) is 1.32. The first-order valence-electron chi connectivity index (χ1n) is 8.18. The molecular weight excluding hydrogens is 262 g/mol. The van der Waals surface area contributed by atoms with Crippen molar-refractivity contribution >= 4 is 5.69 Å². The zero-order valence-corrected chi connectivity index (χ0v) is 13.5. The third-order valence-electron chi connectivity index (χ3n) is 4.65. The number of hydrogen-bond acceptors (Lipinski definition) is 5. The predicted molar refractivity (Wildman–Crippen MR) is 85.7 cm³/mol. The molecule has 1 N–H and O–H groups in total. The van der Waals surface area contributed by atoms with Crippen molar-refractivity contribution in [3.05, 3.63) is 17.7 Å². The van der Waals surface area contributed by atoms with Crippen LogP contribution in [0.3, 0.4) is 0 Å². The van der Waals surface area contributed by atoms with Gasteiger partial charge in [0.15, 0.2) is 0 Å². The molecule has 1 aromatic heterocycles. The quantitative estimate of drug-likeness (QED) is 0.912. The summed E-state index contributed by atoms with van der Waals surface area (Å²) in [5, 5.41) is 3.25. The fraction of sp³-hybridized carbons (Fsp3) is 0.750. The number of anilines is 1. The molecule has 0 aromatic carbocycles. The summed E-state index contributed by atoms with van der Waals surface area (Å²) in [5.41, 5.74) is 2.36. The zero-order chi connectivity index (χ0) is 14.8. The number of nitrogens with zero attached hydrogens (tertiary/aromatic N) is 4. The number of rotatable bonds is 4. The molecule has 2 saturated heterocycles. The normalized spacial score (nSPS) is 22.9. The number of hydrogen-bond donors (Lipinski definition) is 1. The summed E-state index contributed by atoms with van der Waals surface area (Å²) in [6.45, 7) is 9.78. The van der Waals surface area contributed by atoms with Crippen LogP contribution in [0, 0.1) is 0 Å². The Morgan fingerprint density at radius 3 is 2.95 bits per heavy atom. The highest BCUT2D eigenvalue weighted by Gasteiger charge is 2.31. The molecule has 2 fully saturated rings. The highest BCUT2D eigenvalue weighted by molar-refractivity contribution is 5.50. The van der Waals surface area contributed by atoms with Crippen molar-refractivity contribution in [2.45, 2.75) is 45.2 Å². The van der Waals surface area contributed by atoms with Gasteiger partial charge in [-0.05, 0) is 26.4 Å². The Morgan fingerprint density at radius 1 is 1.33 bits per heavy atom. The van der Waals surface area contributed by atoms with E-state index in [0.717, 1.165) is 37.2 Å². The molecule has 0 saturated carbocycles. The van der Waals surface area contributed by atoms with Gasteiger partial charge >= 0.3 is 0 Å². The van der Waals surface area contributed by atoms with E-state index in [1.54, 1.807) is 0 Å². The molecule has 21 heavy (non-hydrogen) atoms. The number of aromatic nitrogens is 2. The van der Waals surface area contributed by atoms with E-state index < -0.39 is 0 Å². The molecule has 116 valence electrons. The fourth-order valence-corrected chi connectivity index (χ4v) is 3.48. The average Bonchev–Trinajstić information content (AvgIpc) is 2.94. The topological polar surface area (TPSA) is 44.3 Å². The van der Waals surface area contributed by atoms with Gasteiger partial charge in [-0.15, -0.1) is 0 Å². The first kappa shape index (κ1) is 14.7. The Hall–Kier alpha value is -1.20. The number of piperazine rings is 1. The molecule has 0 aliphatic carbocycles. The van der Waals surface area contributed by atoms with Crippen molar-refractivity contribution in [2.75, 3.05) is 38.1 Å². The second kappa shape index (κ2) is 6.28. The van der Waals surface area contributed by atoms with E-state index in [4.69, 9.17) is 4.98 Å². The van der Waals surface area contributed by atoms with Crippen molar-refractivity contribution in [3.63, 3.8) is 0 Å². The first-order chi connectivity index (χ1) is 10.2. The summed E-state index contributed by atoms with van der Waals surface area (Å²) in [6.07, 6.45) is 4.73. The molecule has 0 bridgehead atoms. The van der Waals surface area contributed by atoms with Crippen molar-refractivity contribution in [1.82, 2.24) is 20.2 Å². The SMILES string of the molecule is CNCc1nc(C(C)C)ncc1N1CCN2CCCC2C1. The van der Waals surface area contributed by atoms with Gasteiger partial charge in [-0.2, -0.15) is 0 Å². The molecule has 2 aliphatic rings. The third-order valence-corrected chi connectivity index (χ3v) is 4.65. The van der Waals surface area contributed by atoms with Crippen LogP contribution in [0.25, 0.3) is 0 Å². The number of nitrogens with one attached hydrogen (secondary N) is 1. The van der Waals surface area contributed by atoms with Crippen molar-refractivity contribution < 1.29 is 0 Å². The van der Waals surface area contributed by atoms with Crippen LogP contribution in [-0.2, 0) is 6.54 Å². The Bertz CT molecular complexity index is 488. The van der Waals surface area contributed by atoms with Gasteiger partial charge in [0.2, 0.25) is 0 Å². The highest BCUT2D eigenvalue weighted by Crippen LogP contribution is 2.27. The standard InChI is InChI=1S/C16H27N5/c1-12(2)16-18-10-15(14(19-16)9-17-3)21-8-7-20-6-4-5-13(20)11-21/h10,12-13,17H,4-9,11H2,1-3H3. The maximum absolute atomic E-state index is 4.79. The monoisotopic (exact) mass is 289 g/mol. The zero-order valence-electron chi connectivity index (χ0n) is 13.5. The van der Waals surface area contributed by atoms with Gasteiger partial charge in [0.25, 0.3) is 0 Å². The second-order valence-corrected chi connectivity index (χ2v) is 6.52. The van der Waals surface area contributed by atoms with Crippen LogP contribution in [0.5, 0.6) is 0 Å². The van der Waals surface area contributed by atoms with Crippen LogP contribution in [0.4, 0.5) is 5.69 Å². The molecule has 0 amide bonds. The lowest BCUT2D eigenvalue weighted by Gasteiger charge is -2.39. The van der Waals surface area contributed by atoms with E-state index in [2.05, 4.69) is 33.9 Å². The molecule has 1 aromatic rings. The molecule has 5 heteroatoms. The average molecular weight is 289 g/mol. The minimum absolute atomic E-state index is 0.376. The molecular formula is C16H27N5. The Labute approximate surface area is 127 Å². The highest BCUT2D eigenvalue weighted by atomic mass is 15.3. The van der Waals surface area contributed by atoms with Crippen LogP contribution in [-0.4, -0.2) is 54.1 Å². The maximum atomic E-state index is 4.79. The van der Waals surface area contributed by atoms with E-state index in [9.17, 15) is 0 Å². The summed E-state index contributed by atoms with van der Waals surface area (Å²) >= 11 is 0. The molecule has 1 atom stereocenters. The van der Waals surface area contributed by atoms with E-state index in [-0.39, 0.29) is 0 Å². The molecule has 0 spiro atoms.